The van der Waals surface area contributed by atoms with Gasteiger partial charge in [0.2, 0.25) is 5.75 Å². The number of nitro benzene ring substituents is 1. The number of ether oxygens (including phenoxy) is 1. The molecule has 0 spiro atoms. The van der Waals surface area contributed by atoms with Crippen molar-refractivity contribution < 1.29 is 14.5 Å². The van der Waals surface area contributed by atoms with Gasteiger partial charge in [-0.25, -0.2) is 0 Å². The minimum Gasteiger partial charge on any atom is -0.486 e. The van der Waals surface area contributed by atoms with Crippen molar-refractivity contribution in [3.8, 4) is 5.75 Å². The van der Waals surface area contributed by atoms with Gasteiger partial charge in [0, 0.05) is 10.5 Å². The van der Waals surface area contributed by atoms with Crippen molar-refractivity contribution in [3.05, 3.63) is 32.3 Å². The number of carbonyl (C=O) groups excluding carboxylic acids is 1. The second-order valence-electron chi connectivity index (χ2n) is 3.81. The molecule has 0 aromatic heterocycles. The van der Waals surface area contributed by atoms with E-state index in [1.54, 1.807) is 17.8 Å². The van der Waals surface area contributed by atoms with Gasteiger partial charge in [0.05, 0.1) is 17.1 Å². The SMILES string of the molecule is CSCCCOc1c(C(C)=O)cc(Br)cc1[N+](=O)[O-]. The number of benzene rings is 1. The summed E-state index contributed by atoms with van der Waals surface area (Å²) in [5.41, 5.74) is 0.0361. The van der Waals surface area contributed by atoms with Gasteiger partial charge in [-0.2, -0.15) is 11.8 Å². The zero-order chi connectivity index (χ0) is 14.4. The van der Waals surface area contributed by atoms with Gasteiger partial charge in [0.15, 0.2) is 5.78 Å². The molecule has 0 fully saturated rings. The summed E-state index contributed by atoms with van der Waals surface area (Å²) >= 11 is 4.83. The minimum atomic E-state index is -0.541. The molecular formula is C12H14BrNO4S. The number of ketones is 1. The average molecular weight is 348 g/mol. The molecule has 1 rings (SSSR count). The summed E-state index contributed by atoms with van der Waals surface area (Å²) in [6.45, 7) is 1.71. The molecule has 0 aliphatic carbocycles. The number of Topliss-reactive ketones (excluding diaryl/α,β-unsaturated/α-hetero) is 1. The number of hydrogen-bond acceptors (Lipinski definition) is 5. The lowest BCUT2D eigenvalue weighted by Gasteiger charge is -2.10. The van der Waals surface area contributed by atoms with Crippen LogP contribution in [0.25, 0.3) is 0 Å². The third-order valence-electron chi connectivity index (χ3n) is 2.35. The van der Waals surface area contributed by atoms with Crippen LogP contribution in [0.15, 0.2) is 16.6 Å². The normalized spacial score (nSPS) is 10.3. The van der Waals surface area contributed by atoms with E-state index in [4.69, 9.17) is 4.74 Å². The molecular weight excluding hydrogens is 334 g/mol. The van der Waals surface area contributed by atoms with Crippen molar-refractivity contribution in [1.29, 1.82) is 0 Å². The Bertz CT molecular complexity index is 458. The van der Waals surface area contributed by atoms with Crippen molar-refractivity contribution in [2.24, 2.45) is 0 Å². The van der Waals surface area contributed by atoms with Gasteiger partial charge in [-0.05, 0) is 31.4 Å². The minimum absolute atomic E-state index is 0.0572. The van der Waals surface area contributed by atoms with E-state index in [0.29, 0.717) is 11.1 Å². The summed E-state index contributed by atoms with van der Waals surface area (Å²) in [5.74, 6) is 0.700. The summed E-state index contributed by atoms with van der Waals surface area (Å²) < 4.78 is 5.94. The third kappa shape index (κ3) is 4.50. The Labute approximate surface area is 124 Å². The fourth-order valence-electron chi connectivity index (χ4n) is 1.51. The van der Waals surface area contributed by atoms with E-state index >= 15 is 0 Å². The molecule has 7 heteroatoms. The Morgan fingerprint density at radius 3 is 2.74 bits per heavy atom. The molecule has 0 radical (unpaired) electrons. The largest absolute Gasteiger partial charge is 0.486 e. The number of rotatable bonds is 7. The predicted octanol–water partition coefficient (Wildman–Crippen LogP) is 3.69. The van der Waals surface area contributed by atoms with Crippen molar-refractivity contribution in [3.63, 3.8) is 0 Å². The number of hydrogen-bond donors (Lipinski definition) is 0. The summed E-state index contributed by atoms with van der Waals surface area (Å²) in [6, 6.07) is 2.88. The Hall–Kier alpha value is -1.08. The Balaban J connectivity index is 3.09. The molecule has 5 nitrogen and oxygen atoms in total. The van der Waals surface area contributed by atoms with Crippen molar-refractivity contribution >= 4 is 39.2 Å². The molecule has 0 unspecified atom stereocenters. The lowest BCUT2D eigenvalue weighted by molar-refractivity contribution is -0.386. The summed E-state index contributed by atoms with van der Waals surface area (Å²) in [5, 5.41) is 11.0. The average Bonchev–Trinajstić information content (AvgIpc) is 2.34. The first kappa shape index (κ1) is 16.0. The van der Waals surface area contributed by atoms with E-state index in [0.717, 1.165) is 12.2 Å². The van der Waals surface area contributed by atoms with Gasteiger partial charge >= 0.3 is 5.69 Å². The third-order valence-corrected chi connectivity index (χ3v) is 3.50. The second kappa shape index (κ2) is 7.49. The fraction of sp³-hybridized carbons (Fsp3) is 0.417. The van der Waals surface area contributed by atoms with Crippen molar-refractivity contribution in [2.75, 3.05) is 18.6 Å². The lowest BCUT2D eigenvalue weighted by Crippen LogP contribution is -2.06. The van der Waals surface area contributed by atoms with Crippen LogP contribution >= 0.6 is 27.7 Å². The first-order chi connectivity index (χ1) is 8.97. The highest BCUT2D eigenvalue weighted by Gasteiger charge is 2.23. The zero-order valence-electron chi connectivity index (χ0n) is 10.6. The van der Waals surface area contributed by atoms with Crippen LogP contribution in [-0.4, -0.2) is 29.3 Å². The van der Waals surface area contributed by atoms with Gasteiger partial charge in [0.1, 0.15) is 0 Å². The molecule has 0 saturated carbocycles. The Kier molecular flexibility index (Phi) is 6.30. The highest BCUT2D eigenvalue weighted by atomic mass is 79.9. The van der Waals surface area contributed by atoms with E-state index < -0.39 is 4.92 Å². The highest BCUT2D eigenvalue weighted by Crippen LogP contribution is 2.35. The van der Waals surface area contributed by atoms with Crippen molar-refractivity contribution in [2.45, 2.75) is 13.3 Å². The van der Waals surface area contributed by atoms with E-state index in [1.165, 1.54) is 13.0 Å². The summed E-state index contributed by atoms with van der Waals surface area (Å²) in [6.07, 6.45) is 2.74. The first-order valence-electron chi connectivity index (χ1n) is 5.58. The molecule has 0 bridgehead atoms. The Morgan fingerprint density at radius 2 is 2.21 bits per heavy atom. The van der Waals surface area contributed by atoms with Gasteiger partial charge in [-0.1, -0.05) is 15.9 Å². The van der Waals surface area contributed by atoms with Crippen molar-refractivity contribution in [1.82, 2.24) is 0 Å². The predicted molar refractivity (Wildman–Crippen MR) is 79.3 cm³/mol. The molecule has 0 atom stereocenters. The quantitative estimate of drug-likeness (QED) is 0.325. The van der Waals surface area contributed by atoms with Crippen LogP contribution in [0.2, 0.25) is 0 Å². The smallest absolute Gasteiger partial charge is 0.312 e. The maximum atomic E-state index is 11.6. The van der Waals surface area contributed by atoms with Gasteiger partial charge < -0.3 is 4.74 Å². The van der Waals surface area contributed by atoms with Crippen LogP contribution in [0.3, 0.4) is 0 Å². The van der Waals surface area contributed by atoms with Crippen LogP contribution in [-0.2, 0) is 0 Å². The fourth-order valence-corrected chi connectivity index (χ4v) is 2.36. The standard InChI is InChI=1S/C12H14BrNO4S/c1-8(15)10-6-9(13)7-11(14(16)17)12(10)18-4-3-5-19-2/h6-7H,3-5H2,1-2H3. The Morgan fingerprint density at radius 1 is 1.53 bits per heavy atom. The molecule has 0 N–H and O–H groups in total. The number of nitro groups is 1. The molecule has 0 amide bonds. The van der Waals surface area contributed by atoms with Crippen LogP contribution < -0.4 is 4.74 Å². The van der Waals surface area contributed by atoms with Crippen LogP contribution in [0.5, 0.6) is 5.75 Å². The number of halogens is 1. The maximum absolute atomic E-state index is 11.6. The first-order valence-corrected chi connectivity index (χ1v) is 7.76. The molecule has 1 aromatic rings. The topological polar surface area (TPSA) is 69.4 Å². The number of nitrogens with zero attached hydrogens (tertiary/aromatic N) is 1. The van der Waals surface area contributed by atoms with Crippen LogP contribution in [0.4, 0.5) is 5.69 Å². The maximum Gasteiger partial charge on any atom is 0.312 e. The monoisotopic (exact) mass is 347 g/mol. The lowest BCUT2D eigenvalue weighted by atomic mass is 10.1. The summed E-state index contributed by atoms with van der Waals surface area (Å²) in [4.78, 5) is 22.0. The van der Waals surface area contributed by atoms with E-state index in [9.17, 15) is 14.9 Å². The molecule has 1 aromatic carbocycles. The number of carbonyl (C=O) groups is 1. The summed E-state index contributed by atoms with van der Waals surface area (Å²) in [7, 11) is 0. The van der Waals surface area contributed by atoms with Crippen LogP contribution in [0.1, 0.15) is 23.7 Å². The molecule has 0 aliphatic heterocycles. The molecule has 19 heavy (non-hydrogen) atoms. The number of thioether (sulfide) groups is 1. The molecule has 0 heterocycles. The van der Waals surface area contributed by atoms with Gasteiger partial charge in [-0.3, -0.25) is 14.9 Å². The van der Waals surface area contributed by atoms with Gasteiger partial charge in [0.25, 0.3) is 0 Å². The highest BCUT2D eigenvalue weighted by molar-refractivity contribution is 9.10. The van der Waals surface area contributed by atoms with E-state index in [2.05, 4.69) is 15.9 Å². The molecule has 104 valence electrons. The molecule has 0 saturated heterocycles. The van der Waals surface area contributed by atoms with Crippen LogP contribution in [0, 0.1) is 10.1 Å². The van der Waals surface area contributed by atoms with Gasteiger partial charge in [-0.15, -0.1) is 0 Å². The second-order valence-corrected chi connectivity index (χ2v) is 5.71. The van der Waals surface area contributed by atoms with E-state index in [1.807, 2.05) is 6.26 Å². The molecule has 0 aliphatic rings. The van der Waals surface area contributed by atoms with E-state index in [-0.39, 0.29) is 22.8 Å². The zero-order valence-corrected chi connectivity index (χ0v) is 13.0.